The van der Waals surface area contributed by atoms with Crippen LogP contribution in [0.3, 0.4) is 0 Å². The number of hydrogen-bond acceptors (Lipinski definition) is 5. The van der Waals surface area contributed by atoms with Crippen molar-refractivity contribution >= 4 is 5.69 Å². The van der Waals surface area contributed by atoms with E-state index in [2.05, 4.69) is 15.8 Å². The zero-order valence-corrected chi connectivity index (χ0v) is 10.6. The first kappa shape index (κ1) is 11.8. The lowest BCUT2D eigenvalue weighted by Gasteiger charge is -2.17. The van der Waals surface area contributed by atoms with Gasteiger partial charge in [0.05, 0.1) is 0 Å². The van der Waals surface area contributed by atoms with Gasteiger partial charge in [0.25, 0.3) is 5.88 Å². The lowest BCUT2D eigenvalue weighted by atomic mass is 10.1. The Bertz CT molecular complexity index is 569. The maximum atomic E-state index is 5.54. The van der Waals surface area contributed by atoms with Gasteiger partial charge >= 0.3 is 0 Å². The molecule has 0 bridgehead atoms. The van der Waals surface area contributed by atoms with Gasteiger partial charge in [-0.25, -0.2) is 10.4 Å². The summed E-state index contributed by atoms with van der Waals surface area (Å²) >= 11 is 0. The SMILES string of the molecule is CNNc1ccc(-c2cnc3c(c2)OCCO3)cc1. The predicted octanol–water partition coefficient (Wildman–Crippen LogP) is 2.07. The van der Waals surface area contributed by atoms with E-state index in [1.54, 1.807) is 6.20 Å². The Kier molecular flexibility index (Phi) is 3.20. The van der Waals surface area contributed by atoms with E-state index in [4.69, 9.17) is 9.47 Å². The van der Waals surface area contributed by atoms with Crippen LogP contribution in [0, 0.1) is 0 Å². The highest BCUT2D eigenvalue weighted by molar-refractivity contribution is 5.67. The van der Waals surface area contributed by atoms with Gasteiger partial charge < -0.3 is 14.9 Å². The highest BCUT2D eigenvalue weighted by Gasteiger charge is 2.13. The molecule has 0 unspecified atom stereocenters. The first-order valence-electron chi connectivity index (χ1n) is 6.15. The van der Waals surface area contributed by atoms with Crippen molar-refractivity contribution in [1.82, 2.24) is 10.4 Å². The smallest absolute Gasteiger partial charge is 0.257 e. The fraction of sp³-hybridized carbons (Fsp3) is 0.214. The quantitative estimate of drug-likeness (QED) is 0.824. The zero-order valence-electron chi connectivity index (χ0n) is 10.6. The molecule has 0 spiro atoms. The van der Waals surface area contributed by atoms with Crippen LogP contribution >= 0.6 is 0 Å². The van der Waals surface area contributed by atoms with Gasteiger partial charge in [-0.2, -0.15) is 0 Å². The minimum absolute atomic E-state index is 0.559. The van der Waals surface area contributed by atoms with E-state index in [1.165, 1.54) is 0 Å². The lowest BCUT2D eigenvalue weighted by molar-refractivity contribution is 0.164. The topological polar surface area (TPSA) is 55.4 Å². The van der Waals surface area contributed by atoms with Gasteiger partial charge in [-0.1, -0.05) is 12.1 Å². The summed E-state index contributed by atoms with van der Waals surface area (Å²) in [6.07, 6.45) is 1.80. The van der Waals surface area contributed by atoms with Crippen LogP contribution in [0.4, 0.5) is 5.69 Å². The summed E-state index contributed by atoms with van der Waals surface area (Å²) in [4.78, 5) is 4.28. The van der Waals surface area contributed by atoms with Crippen molar-refractivity contribution in [1.29, 1.82) is 0 Å². The molecule has 0 radical (unpaired) electrons. The van der Waals surface area contributed by atoms with E-state index in [0.29, 0.717) is 24.8 Å². The van der Waals surface area contributed by atoms with Crippen molar-refractivity contribution in [2.24, 2.45) is 0 Å². The fourth-order valence-electron chi connectivity index (χ4n) is 1.98. The number of nitrogens with one attached hydrogen (secondary N) is 2. The molecule has 5 heteroatoms. The minimum Gasteiger partial charge on any atom is -0.484 e. The van der Waals surface area contributed by atoms with Crippen LogP contribution in [0.25, 0.3) is 11.1 Å². The molecule has 2 aromatic rings. The number of aromatic nitrogens is 1. The summed E-state index contributed by atoms with van der Waals surface area (Å²) in [5.74, 6) is 1.28. The average Bonchev–Trinajstić information content (AvgIpc) is 2.48. The van der Waals surface area contributed by atoms with Crippen LogP contribution < -0.4 is 20.3 Å². The third-order valence-electron chi connectivity index (χ3n) is 2.89. The van der Waals surface area contributed by atoms with Crippen molar-refractivity contribution in [3.8, 4) is 22.8 Å². The number of rotatable bonds is 3. The number of anilines is 1. The molecule has 1 aromatic carbocycles. The number of hydrazine groups is 1. The maximum Gasteiger partial charge on any atom is 0.257 e. The van der Waals surface area contributed by atoms with Crippen molar-refractivity contribution in [2.75, 3.05) is 25.7 Å². The monoisotopic (exact) mass is 257 g/mol. The highest BCUT2D eigenvalue weighted by Crippen LogP contribution is 2.32. The molecular formula is C14H15N3O2. The van der Waals surface area contributed by atoms with E-state index >= 15 is 0 Å². The molecular weight excluding hydrogens is 242 g/mol. The lowest BCUT2D eigenvalue weighted by Crippen LogP contribution is -2.16. The molecule has 2 N–H and O–H groups in total. The molecule has 3 rings (SSSR count). The second-order valence-electron chi connectivity index (χ2n) is 4.18. The number of hydrogen-bond donors (Lipinski definition) is 2. The summed E-state index contributed by atoms with van der Waals surface area (Å²) < 4.78 is 10.9. The highest BCUT2D eigenvalue weighted by atomic mass is 16.6. The first-order chi connectivity index (χ1) is 9.36. The van der Waals surface area contributed by atoms with E-state index in [1.807, 2.05) is 37.4 Å². The van der Waals surface area contributed by atoms with Crippen LogP contribution in [-0.4, -0.2) is 25.2 Å². The minimum atomic E-state index is 0.559. The number of ether oxygens (including phenoxy) is 2. The van der Waals surface area contributed by atoms with Gasteiger partial charge in [-0.15, -0.1) is 0 Å². The van der Waals surface area contributed by atoms with Crippen molar-refractivity contribution < 1.29 is 9.47 Å². The largest absolute Gasteiger partial charge is 0.484 e. The second-order valence-corrected chi connectivity index (χ2v) is 4.18. The summed E-state index contributed by atoms with van der Waals surface area (Å²) in [6.45, 7) is 1.13. The van der Waals surface area contributed by atoms with Crippen molar-refractivity contribution in [3.63, 3.8) is 0 Å². The fourth-order valence-corrected chi connectivity index (χ4v) is 1.98. The van der Waals surface area contributed by atoms with Gasteiger partial charge in [0.1, 0.15) is 13.2 Å². The zero-order chi connectivity index (χ0) is 13.1. The second kappa shape index (κ2) is 5.16. The molecule has 0 amide bonds. The van der Waals surface area contributed by atoms with E-state index in [9.17, 15) is 0 Å². The molecule has 1 aliphatic heterocycles. The third kappa shape index (κ3) is 2.46. The Morgan fingerprint density at radius 3 is 2.63 bits per heavy atom. The van der Waals surface area contributed by atoms with Gasteiger partial charge in [0.2, 0.25) is 0 Å². The van der Waals surface area contributed by atoms with Gasteiger partial charge in [0, 0.05) is 24.5 Å². The van der Waals surface area contributed by atoms with Crippen molar-refractivity contribution in [2.45, 2.75) is 0 Å². The van der Waals surface area contributed by atoms with Gasteiger partial charge in [-0.05, 0) is 23.8 Å². The molecule has 19 heavy (non-hydrogen) atoms. The molecule has 0 fully saturated rings. The Balaban J connectivity index is 1.89. The molecule has 0 atom stereocenters. The van der Waals surface area contributed by atoms with E-state index < -0.39 is 0 Å². The first-order valence-corrected chi connectivity index (χ1v) is 6.15. The van der Waals surface area contributed by atoms with Crippen LogP contribution in [0.1, 0.15) is 0 Å². The van der Waals surface area contributed by atoms with Gasteiger partial charge in [-0.3, -0.25) is 0 Å². The van der Waals surface area contributed by atoms with Crippen LogP contribution in [0.5, 0.6) is 11.6 Å². The van der Waals surface area contributed by atoms with Crippen LogP contribution in [-0.2, 0) is 0 Å². The molecule has 0 saturated carbocycles. The Morgan fingerprint density at radius 2 is 1.84 bits per heavy atom. The molecule has 1 aliphatic rings. The van der Waals surface area contributed by atoms with Crippen LogP contribution in [0.15, 0.2) is 36.5 Å². The van der Waals surface area contributed by atoms with E-state index in [0.717, 1.165) is 16.8 Å². The normalized spacial score (nSPS) is 13.1. The Hall–Kier alpha value is -2.27. The van der Waals surface area contributed by atoms with Crippen LogP contribution in [0.2, 0.25) is 0 Å². The summed E-state index contributed by atoms with van der Waals surface area (Å²) in [5.41, 5.74) is 9.03. The number of pyridine rings is 1. The molecule has 1 aromatic heterocycles. The molecule has 98 valence electrons. The van der Waals surface area contributed by atoms with E-state index in [-0.39, 0.29) is 0 Å². The summed E-state index contributed by atoms with van der Waals surface area (Å²) in [6, 6.07) is 10.0. The summed E-state index contributed by atoms with van der Waals surface area (Å²) in [7, 11) is 1.83. The van der Waals surface area contributed by atoms with Gasteiger partial charge in [0.15, 0.2) is 5.75 Å². The number of fused-ring (bicyclic) bond motifs is 1. The van der Waals surface area contributed by atoms with Crippen molar-refractivity contribution in [3.05, 3.63) is 36.5 Å². The third-order valence-corrected chi connectivity index (χ3v) is 2.89. The maximum absolute atomic E-state index is 5.54. The average molecular weight is 257 g/mol. The number of benzene rings is 1. The Morgan fingerprint density at radius 1 is 1.05 bits per heavy atom. The molecule has 0 saturated heterocycles. The summed E-state index contributed by atoms with van der Waals surface area (Å²) in [5, 5.41) is 0. The molecule has 5 nitrogen and oxygen atoms in total. The number of nitrogens with zero attached hydrogens (tertiary/aromatic N) is 1. The standard InChI is InChI=1S/C14H15N3O2/c1-15-17-12-4-2-10(3-5-12)11-8-13-14(16-9-11)19-7-6-18-13/h2-5,8-9,15,17H,6-7H2,1H3. The molecule has 0 aliphatic carbocycles. The predicted molar refractivity (Wildman–Crippen MR) is 73.3 cm³/mol. The molecule has 2 heterocycles. The Labute approximate surface area is 111 Å².